The smallest absolute Gasteiger partial charge is 0.159 e. The van der Waals surface area contributed by atoms with Gasteiger partial charge in [-0.3, -0.25) is 0 Å². The van der Waals surface area contributed by atoms with Crippen LogP contribution in [0.5, 0.6) is 0 Å². The number of hydrogen-bond donors (Lipinski definition) is 1. The third-order valence-electron chi connectivity index (χ3n) is 2.07. The van der Waals surface area contributed by atoms with Crippen molar-refractivity contribution in [1.82, 2.24) is 0 Å². The van der Waals surface area contributed by atoms with Gasteiger partial charge in [-0.2, -0.15) is 0 Å². The molecule has 0 aromatic heterocycles. The molecule has 1 aromatic rings. The number of thiol groups is 1. The molecule has 15 heavy (non-hydrogen) atoms. The Morgan fingerprint density at radius 3 is 2.33 bits per heavy atom. The summed E-state index contributed by atoms with van der Waals surface area (Å²) in [6.07, 6.45) is 0.467. The molecule has 0 aliphatic rings. The summed E-state index contributed by atoms with van der Waals surface area (Å²) in [5.74, 6) is -1.70. The summed E-state index contributed by atoms with van der Waals surface area (Å²) in [5.41, 5.74) is 1.96. The van der Waals surface area contributed by atoms with Crippen LogP contribution in [0.2, 0.25) is 0 Å². The monoisotopic (exact) mass is 226 g/mol. The Balaban J connectivity index is 3.09. The van der Waals surface area contributed by atoms with E-state index in [1.165, 1.54) is 0 Å². The van der Waals surface area contributed by atoms with E-state index in [-0.39, 0.29) is 0 Å². The molecule has 0 saturated carbocycles. The zero-order valence-electron chi connectivity index (χ0n) is 8.48. The van der Waals surface area contributed by atoms with Gasteiger partial charge in [-0.1, -0.05) is 13.2 Å². The minimum Gasteiger partial charge on any atom is -0.204 e. The van der Waals surface area contributed by atoms with Gasteiger partial charge in [0.05, 0.1) is 0 Å². The second-order valence-corrected chi connectivity index (χ2v) is 4.06. The van der Waals surface area contributed by atoms with Crippen molar-refractivity contribution in [3.05, 3.63) is 53.0 Å². The van der Waals surface area contributed by atoms with Crippen molar-refractivity contribution in [2.75, 3.05) is 0 Å². The molecule has 1 rings (SSSR count). The van der Waals surface area contributed by atoms with Crippen molar-refractivity contribution >= 4 is 18.2 Å². The van der Waals surface area contributed by atoms with Crippen molar-refractivity contribution in [3.8, 4) is 0 Å². The van der Waals surface area contributed by atoms with Crippen molar-refractivity contribution in [3.63, 3.8) is 0 Å². The fraction of sp³-hybridized carbons (Fsp3) is 0.167. The van der Waals surface area contributed by atoms with Crippen LogP contribution in [0.25, 0.3) is 5.57 Å². The van der Waals surface area contributed by atoms with Crippen LogP contribution in [-0.2, 0) is 0 Å². The molecule has 1 aromatic carbocycles. The van der Waals surface area contributed by atoms with Gasteiger partial charge in [-0.25, -0.2) is 8.78 Å². The lowest BCUT2D eigenvalue weighted by molar-refractivity contribution is 0.507. The van der Waals surface area contributed by atoms with Gasteiger partial charge in [0.1, 0.15) is 0 Å². The maximum atomic E-state index is 13.0. The van der Waals surface area contributed by atoms with Gasteiger partial charge in [0, 0.05) is 6.42 Å². The van der Waals surface area contributed by atoms with Crippen LogP contribution < -0.4 is 0 Å². The molecular formula is C12H12F2S. The Kier molecular flexibility index (Phi) is 3.69. The van der Waals surface area contributed by atoms with Gasteiger partial charge in [0.25, 0.3) is 0 Å². The quantitative estimate of drug-likeness (QED) is 0.736. The molecule has 3 heteroatoms. The highest BCUT2D eigenvalue weighted by Crippen LogP contribution is 2.26. The molecule has 0 spiro atoms. The number of allylic oxidation sites excluding steroid dienone is 2. The van der Waals surface area contributed by atoms with E-state index in [1.807, 2.05) is 0 Å². The van der Waals surface area contributed by atoms with Crippen LogP contribution in [0.1, 0.15) is 17.5 Å². The number of hydrogen-bond acceptors (Lipinski definition) is 1. The molecule has 0 heterocycles. The molecule has 0 atom stereocenters. The maximum absolute atomic E-state index is 13.0. The van der Waals surface area contributed by atoms with E-state index in [0.29, 0.717) is 28.0 Å². The Bertz CT molecular complexity index is 422. The molecule has 0 N–H and O–H groups in total. The predicted octanol–water partition coefficient (Wildman–Crippen LogP) is 4.12. The van der Waals surface area contributed by atoms with Crippen molar-refractivity contribution < 1.29 is 8.78 Å². The van der Waals surface area contributed by atoms with E-state index in [4.69, 9.17) is 0 Å². The lowest BCUT2D eigenvalue weighted by atomic mass is 9.99. The lowest BCUT2D eigenvalue weighted by Crippen LogP contribution is -1.93. The second-order valence-electron chi connectivity index (χ2n) is 3.43. The van der Waals surface area contributed by atoms with Crippen LogP contribution in [0.4, 0.5) is 8.78 Å². The zero-order valence-corrected chi connectivity index (χ0v) is 9.37. The average molecular weight is 226 g/mol. The van der Waals surface area contributed by atoms with Crippen LogP contribution in [0.3, 0.4) is 0 Å². The highest BCUT2D eigenvalue weighted by atomic mass is 32.1. The number of aryl methyl sites for hydroxylation is 1. The molecule has 0 amide bonds. The predicted molar refractivity (Wildman–Crippen MR) is 62.9 cm³/mol. The summed E-state index contributed by atoms with van der Waals surface area (Å²) in [5, 5.41) is 0. The SMILES string of the molecule is C=C(S)CC(=C)c1cc(F)c(F)cc1C. The number of benzene rings is 1. The fourth-order valence-corrected chi connectivity index (χ4v) is 1.56. The van der Waals surface area contributed by atoms with Crippen LogP contribution in [0, 0.1) is 18.6 Å². The molecule has 0 nitrogen and oxygen atoms in total. The van der Waals surface area contributed by atoms with Gasteiger partial charge >= 0.3 is 0 Å². The standard InChI is InChI=1S/C12H12F2S/c1-7(4-9(3)15)10-6-12(14)11(13)5-8(10)2/h5-6,15H,1,3-4H2,2H3. The summed E-state index contributed by atoms with van der Waals surface area (Å²) in [6.45, 7) is 9.14. The van der Waals surface area contributed by atoms with Gasteiger partial charge in [0.15, 0.2) is 11.6 Å². The summed E-state index contributed by atoms with van der Waals surface area (Å²) >= 11 is 4.04. The van der Waals surface area contributed by atoms with E-state index in [0.717, 1.165) is 12.1 Å². The van der Waals surface area contributed by atoms with E-state index in [9.17, 15) is 8.78 Å². The molecule has 0 aliphatic carbocycles. The minimum atomic E-state index is -0.860. The minimum absolute atomic E-state index is 0.467. The first-order valence-corrected chi connectivity index (χ1v) is 4.87. The second kappa shape index (κ2) is 4.62. The van der Waals surface area contributed by atoms with Crippen LogP contribution in [0.15, 0.2) is 30.2 Å². The molecular weight excluding hydrogens is 214 g/mol. The van der Waals surface area contributed by atoms with Crippen molar-refractivity contribution in [1.29, 1.82) is 0 Å². The van der Waals surface area contributed by atoms with Gasteiger partial charge in [-0.15, -0.1) is 12.6 Å². The van der Waals surface area contributed by atoms with Crippen LogP contribution >= 0.6 is 12.6 Å². The third kappa shape index (κ3) is 2.93. The lowest BCUT2D eigenvalue weighted by Gasteiger charge is -2.09. The molecule has 0 bridgehead atoms. The summed E-state index contributed by atoms with van der Waals surface area (Å²) in [4.78, 5) is 0.643. The number of rotatable bonds is 3. The van der Waals surface area contributed by atoms with E-state index in [1.54, 1.807) is 6.92 Å². The first kappa shape index (κ1) is 12.0. The Morgan fingerprint density at radius 1 is 1.27 bits per heavy atom. The van der Waals surface area contributed by atoms with Crippen LogP contribution in [-0.4, -0.2) is 0 Å². The topological polar surface area (TPSA) is 0 Å². The fourth-order valence-electron chi connectivity index (χ4n) is 1.37. The Morgan fingerprint density at radius 2 is 1.80 bits per heavy atom. The summed E-state index contributed by atoms with van der Waals surface area (Å²) in [7, 11) is 0. The molecule has 0 saturated heterocycles. The first-order valence-electron chi connectivity index (χ1n) is 4.42. The summed E-state index contributed by atoms with van der Waals surface area (Å²) in [6, 6.07) is 2.32. The largest absolute Gasteiger partial charge is 0.204 e. The van der Waals surface area contributed by atoms with E-state index in [2.05, 4.69) is 25.8 Å². The van der Waals surface area contributed by atoms with Crippen molar-refractivity contribution in [2.45, 2.75) is 13.3 Å². The highest BCUT2D eigenvalue weighted by molar-refractivity contribution is 7.84. The third-order valence-corrected chi connectivity index (χ3v) is 2.22. The summed E-state index contributed by atoms with van der Waals surface area (Å²) < 4.78 is 25.8. The van der Waals surface area contributed by atoms with Crippen molar-refractivity contribution in [2.24, 2.45) is 0 Å². The Hall–Kier alpha value is -1.09. The molecule has 0 radical (unpaired) electrons. The molecule has 0 aliphatic heterocycles. The molecule has 0 fully saturated rings. The molecule has 80 valence electrons. The number of halogens is 2. The van der Waals surface area contributed by atoms with E-state index < -0.39 is 11.6 Å². The highest BCUT2D eigenvalue weighted by Gasteiger charge is 2.09. The maximum Gasteiger partial charge on any atom is 0.159 e. The Labute approximate surface area is 93.7 Å². The normalized spacial score (nSPS) is 10.1. The van der Waals surface area contributed by atoms with Gasteiger partial charge < -0.3 is 0 Å². The van der Waals surface area contributed by atoms with Gasteiger partial charge in [-0.05, 0) is 40.7 Å². The first-order chi connectivity index (χ1) is 6.91. The van der Waals surface area contributed by atoms with Gasteiger partial charge in [0.2, 0.25) is 0 Å². The van der Waals surface area contributed by atoms with E-state index >= 15 is 0 Å². The average Bonchev–Trinajstić information content (AvgIpc) is 2.09. The zero-order chi connectivity index (χ0) is 11.6. The molecule has 0 unspecified atom stereocenters.